The van der Waals surface area contributed by atoms with Gasteiger partial charge in [-0.3, -0.25) is 10.1 Å². The Balaban J connectivity index is 2.44. The van der Waals surface area contributed by atoms with Crippen LogP contribution in [-0.2, 0) is 0 Å². The van der Waals surface area contributed by atoms with E-state index >= 15 is 0 Å². The van der Waals surface area contributed by atoms with Crippen molar-refractivity contribution < 1.29 is 24.0 Å². The van der Waals surface area contributed by atoms with Crippen molar-refractivity contribution >= 4 is 23.3 Å². The number of hydrogen-bond donors (Lipinski definition) is 1. The predicted octanol–water partition coefficient (Wildman–Crippen LogP) is 3.88. The number of carboxylic acid groups (broad SMARTS) is 1. The maximum absolute atomic E-state index is 13.8. The fourth-order valence-corrected chi connectivity index (χ4v) is 1.70. The summed E-state index contributed by atoms with van der Waals surface area (Å²) in [6.45, 7) is 0. The lowest BCUT2D eigenvalue weighted by Crippen LogP contribution is -2.04. The van der Waals surface area contributed by atoms with Crippen LogP contribution in [0.4, 0.5) is 10.1 Å². The highest BCUT2D eigenvalue weighted by molar-refractivity contribution is 6.30. The van der Waals surface area contributed by atoms with Gasteiger partial charge in [0.25, 0.3) is 5.69 Å². The quantitative estimate of drug-likeness (QED) is 0.683. The fraction of sp³-hybridized carbons (Fsp3) is 0. The standard InChI is InChI=1S/C13H7ClFNO5/c14-7-1-3-8(4-2-7)21-12-5-9(13(17)18)11(16(19)20)6-10(12)15/h1-6H,(H,17,18). The van der Waals surface area contributed by atoms with E-state index in [4.69, 9.17) is 21.4 Å². The summed E-state index contributed by atoms with van der Waals surface area (Å²) in [7, 11) is 0. The molecule has 0 aromatic heterocycles. The van der Waals surface area contributed by atoms with Gasteiger partial charge in [-0.15, -0.1) is 0 Å². The van der Waals surface area contributed by atoms with Gasteiger partial charge in [0.15, 0.2) is 11.6 Å². The molecule has 2 rings (SSSR count). The molecule has 0 amide bonds. The summed E-state index contributed by atoms with van der Waals surface area (Å²) in [5.74, 6) is -2.81. The zero-order valence-corrected chi connectivity index (χ0v) is 11.0. The molecule has 8 heteroatoms. The van der Waals surface area contributed by atoms with Crippen LogP contribution in [0.3, 0.4) is 0 Å². The molecule has 0 aliphatic rings. The van der Waals surface area contributed by atoms with Crippen molar-refractivity contribution in [1.82, 2.24) is 0 Å². The molecule has 2 aromatic carbocycles. The first-order chi connectivity index (χ1) is 9.88. The van der Waals surface area contributed by atoms with E-state index < -0.39 is 33.7 Å². The monoisotopic (exact) mass is 311 g/mol. The molecule has 0 heterocycles. The Hall–Kier alpha value is -2.67. The van der Waals surface area contributed by atoms with E-state index in [-0.39, 0.29) is 5.75 Å². The summed E-state index contributed by atoms with van der Waals surface area (Å²) in [5, 5.41) is 20.1. The number of halogens is 2. The fourth-order valence-electron chi connectivity index (χ4n) is 1.57. The van der Waals surface area contributed by atoms with Crippen LogP contribution < -0.4 is 4.74 Å². The number of rotatable bonds is 4. The molecule has 0 saturated heterocycles. The molecule has 1 N–H and O–H groups in total. The number of aromatic carboxylic acids is 1. The normalized spacial score (nSPS) is 10.2. The topological polar surface area (TPSA) is 89.7 Å². The van der Waals surface area contributed by atoms with Crippen molar-refractivity contribution in [3.8, 4) is 11.5 Å². The summed E-state index contributed by atoms with van der Waals surface area (Å²) in [4.78, 5) is 20.7. The van der Waals surface area contributed by atoms with Gasteiger partial charge in [0.2, 0.25) is 0 Å². The third-order valence-electron chi connectivity index (χ3n) is 2.52. The highest BCUT2D eigenvalue weighted by Crippen LogP contribution is 2.31. The Morgan fingerprint density at radius 2 is 1.90 bits per heavy atom. The number of benzene rings is 2. The minimum absolute atomic E-state index is 0.212. The average Bonchev–Trinajstić information content (AvgIpc) is 2.42. The molecule has 0 bridgehead atoms. The Morgan fingerprint density at radius 1 is 1.29 bits per heavy atom. The minimum Gasteiger partial charge on any atom is -0.477 e. The van der Waals surface area contributed by atoms with Crippen molar-refractivity contribution in [1.29, 1.82) is 0 Å². The van der Waals surface area contributed by atoms with Gasteiger partial charge in [0.05, 0.1) is 11.0 Å². The van der Waals surface area contributed by atoms with Gasteiger partial charge in [0, 0.05) is 11.1 Å². The summed E-state index contributed by atoms with van der Waals surface area (Å²) in [6, 6.07) is 7.17. The number of ether oxygens (including phenoxy) is 1. The molecule has 0 unspecified atom stereocenters. The van der Waals surface area contributed by atoms with Gasteiger partial charge >= 0.3 is 5.97 Å². The molecule has 6 nitrogen and oxygen atoms in total. The lowest BCUT2D eigenvalue weighted by Gasteiger charge is -2.08. The SMILES string of the molecule is O=C(O)c1cc(Oc2ccc(Cl)cc2)c(F)cc1[N+](=O)[O-]. The molecule has 0 atom stereocenters. The number of carbonyl (C=O) groups is 1. The zero-order valence-electron chi connectivity index (χ0n) is 10.2. The summed E-state index contributed by atoms with van der Waals surface area (Å²) >= 11 is 5.69. The van der Waals surface area contributed by atoms with E-state index in [1.807, 2.05) is 0 Å². The maximum atomic E-state index is 13.8. The van der Waals surface area contributed by atoms with E-state index in [0.717, 1.165) is 6.07 Å². The van der Waals surface area contributed by atoms with Crippen molar-refractivity contribution in [3.63, 3.8) is 0 Å². The molecule has 0 spiro atoms. The third-order valence-corrected chi connectivity index (χ3v) is 2.77. The van der Waals surface area contributed by atoms with E-state index in [1.54, 1.807) is 0 Å². The Labute approximate surface area is 122 Å². The third kappa shape index (κ3) is 3.26. The van der Waals surface area contributed by atoms with Gasteiger partial charge in [-0.25, -0.2) is 9.18 Å². The van der Waals surface area contributed by atoms with Crippen LogP contribution in [0.2, 0.25) is 5.02 Å². The maximum Gasteiger partial charge on any atom is 0.342 e. The number of nitrogens with zero attached hydrogens (tertiary/aromatic N) is 1. The number of hydrogen-bond acceptors (Lipinski definition) is 4. The molecule has 108 valence electrons. The van der Waals surface area contributed by atoms with Gasteiger partial charge < -0.3 is 9.84 Å². The molecule has 2 aromatic rings. The first kappa shape index (κ1) is 14.7. The largest absolute Gasteiger partial charge is 0.477 e. The molecule has 0 aliphatic heterocycles. The van der Waals surface area contributed by atoms with Crippen LogP contribution >= 0.6 is 11.6 Å². The molecular formula is C13H7ClFNO5. The molecule has 0 radical (unpaired) electrons. The second kappa shape index (κ2) is 5.76. The van der Waals surface area contributed by atoms with Crippen LogP contribution in [-0.4, -0.2) is 16.0 Å². The van der Waals surface area contributed by atoms with Crippen LogP contribution in [0.5, 0.6) is 11.5 Å². The van der Waals surface area contributed by atoms with Crippen molar-refractivity contribution in [3.05, 3.63) is 62.9 Å². The lowest BCUT2D eigenvalue weighted by atomic mass is 10.1. The van der Waals surface area contributed by atoms with Gasteiger partial charge in [-0.05, 0) is 24.3 Å². The Kier molecular flexibility index (Phi) is 4.04. The first-order valence-electron chi connectivity index (χ1n) is 5.53. The molecule has 0 saturated carbocycles. The van der Waals surface area contributed by atoms with Crippen molar-refractivity contribution in [2.75, 3.05) is 0 Å². The van der Waals surface area contributed by atoms with Crippen LogP contribution in [0, 0.1) is 15.9 Å². The van der Waals surface area contributed by atoms with Gasteiger partial charge in [0.1, 0.15) is 11.3 Å². The molecule has 21 heavy (non-hydrogen) atoms. The summed E-state index contributed by atoms with van der Waals surface area (Å²) < 4.78 is 18.9. The molecule has 0 aliphatic carbocycles. The predicted molar refractivity (Wildman–Crippen MR) is 71.5 cm³/mol. The lowest BCUT2D eigenvalue weighted by molar-refractivity contribution is -0.385. The highest BCUT2D eigenvalue weighted by atomic mass is 35.5. The van der Waals surface area contributed by atoms with Crippen LogP contribution in [0.15, 0.2) is 36.4 Å². The minimum atomic E-state index is -1.55. The van der Waals surface area contributed by atoms with E-state index in [9.17, 15) is 19.3 Å². The smallest absolute Gasteiger partial charge is 0.342 e. The number of nitro benzene ring substituents is 1. The summed E-state index contributed by atoms with van der Waals surface area (Å²) in [5.41, 5.74) is -1.51. The first-order valence-corrected chi connectivity index (χ1v) is 5.91. The van der Waals surface area contributed by atoms with Crippen LogP contribution in [0.1, 0.15) is 10.4 Å². The number of nitro groups is 1. The number of carboxylic acids is 1. The van der Waals surface area contributed by atoms with E-state index in [2.05, 4.69) is 0 Å². The van der Waals surface area contributed by atoms with Gasteiger partial charge in [-0.2, -0.15) is 0 Å². The highest BCUT2D eigenvalue weighted by Gasteiger charge is 2.24. The molecule has 0 fully saturated rings. The second-order valence-electron chi connectivity index (χ2n) is 3.92. The van der Waals surface area contributed by atoms with Crippen molar-refractivity contribution in [2.45, 2.75) is 0 Å². The van der Waals surface area contributed by atoms with E-state index in [1.165, 1.54) is 24.3 Å². The molecular weight excluding hydrogens is 305 g/mol. The van der Waals surface area contributed by atoms with Gasteiger partial charge in [-0.1, -0.05) is 11.6 Å². The second-order valence-corrected chi connectivity index (χ2v) is 4.35. The zero-order chi connectivity index (χ0) is 15.6. The van der Waals surface area contributed by atoms with E-state index in [0.29, 0.717) is 11.1 Å². The Bertz CT molecular complexity index is 717. The summed E-state index contributed by atoms with van der Waals surface area (Å²) in [6.07, 6.45) is 0. The van der Waals surface area contributed by atoms with Crippen LogP contribution in [0.25, 0.3) is 0 Å². The van der Waals surface area contributed by atoms with Crippen molar-refractivity contribution in [2.24, 2.45) is 0 Å². The Morgan fingerprint density at radius 3 is 2.43 bits per heavy atom. The average molecular weight is 312 g/mol.